The maximum atomic E-state index is 11.9. The molecular weight excluding hydrogens is 268 g/mol. The van der Waals surface area contributed by atoms with E-state index in [1.165, 1.54) is 0 Å². The largest absolute Gasteiger partial charge is 0.465 e. The predicted octanol–water partition coefficient (Wildman–Crippen LogP) is 2.69. The number of hydrogen-bond donors (Lipinski definition) is 0. The number of carbonyl (C=O) groups is 2. The van der Waals surface area contributed by atoms with Crippen LogP contribution in [0.4, 0.5) is 0 Å². The Morgan fingerprint density at radius 2 is 1.95 bits per heavy atom. The highest BCUT2D eigenvalue weighted by molar-refractivity contribution is 6.25. The first-order valence-electron chi connectivity index (χ1n) is 6.57. The van der Waals surface area contributed by atoms with Gasteiger partial charge in [0.25, 0.3) is 0 Å². The van der Waals surface area contributed by atoms with Gasteiger partial charge < -0.3 is 9.47 Å². The molecule has 1 rings (SSSR count). The van der Waals surface area contributed by atoms with Crippen molar-refractivity contribution in [2.45, 2.75) is 39.0 Å². The molecule has 0 saturated heterocycles. The molecule has 108 valence electrons. The second-order valence-electron chi connectivity index (χ2n) is 4.96. The lowest BCUT2D eigenvalue weighted by Crippen LogP contribution is -2.41. The molecule has 0 saturated carbocycles. The van der Waals surface area contributed by atoms with Crippen LogP contribution in [0.5, 0.6) is 0 Å². The summed E-state index contributed by atoms with van der Waals surface area (Å²) in [6.45, 7) is 7.80. The summed E-state index contributed by atoms with van der Waals surface area (Å²) in [7, 11) is 0. The minimum Gasteiger partial charge on any atom is -0.465 e. The van der Waals surface area contributed by atoms with Gasteiger partial charge in [-0.05, 0) is 33.1 Å². The van der Waals surface area contributed by atoms with Gasteiger partial charge in [-0.25, -0.2) is 4.79 Å². The van der Waals surface area contributed by atoms with E-state index in [1.54, 1.807) is 26.8 Å². The monoisotopic (exact) mass is 288 g/mol. The van der Waals surface area contributed by atoms with Gasteiger partial charge in [0.15, 0.2) is 0 Å². The third-order valence-corrected chi connectivity index (χ3v) is 3.67. The number of carbonyl (C=O) groups excluding carboxylic acids is 2. The average Bonchev–Trinajstić information content (AvgIpc) is 2.28. The Hall–Kier alpha value is -1.03. The van der Waals surface area contributed by atoms with Gasteiger partial charge in [0.1, 0.15) is 0 Å². The maximum Gasteiger partial charge on any atom is 0.333 e. The van der Waals surface area contributed by atoms with Crippen molar-refractivity contribution in [2.24, 2.45) is 11.8 Å². The van der Waals surface area contributed by atoms with Gasteiger partial charge in [-0.15, -0.1) is 11.6 Å². The first-order chi connectivity index (χ1) is 8.83. The van der Waals surface area contributed by atoms with Gasteiger partial charge in [0.2, 0.25) is 0 Å². The molecule has 1 aliphatic rings. The van der Waals surface area contributed by atoms with Crippen LogP contribution in [-0.2, 0) is 19.1 Å². The Labute approximate surface area is 119 Å². The van der Waals surface area contributed by atoms with Gasteiger partial charge >= 0.3 is 11.9 Å². The summed E-state index contributed by atoms with van der Waals surface area (Å²) in [6, 6.07) is 0. The summed E-state index contributed by atoms with van der Waals surface area (Å²) in [6.07, 6.45) is 2.14. The molecule has 0 aromatic carbocycles. The number of hydrogen-bond acceptors (Lipinski definition) is 4. The van der Waals surface area contributed by atoms with Gasteiger partial charge in [0.05, 0.1) is 24.0 Å². The van der Waals surface area contributed by atoms with Crippen molar-refractivity contribution in [1.29, 1.82) is 0 Å². The first kappa shape index (κ1) is 16.0. The SMILES string of the molecule is CCOC(=O)C1=CC(C(=O)OCC)C(C)(Cl)CC1C. The fraction of sp³-hybridized carbons (Fsp3) is 0.714. The fourth-order valence-electron chi connectivity index (χ4n) is 2.38. The molecule has 0 radical (unpaired) electrons. The molecule has 0 aliphatic heterocycles. The predicted molar refractivity (Wildman–Crippen MR) is 72.9 cm³/mol. The van der Waals surface area contributed by atoms with Crippen molar-refractivity contribution >= 4 is 23.5 Å². The lowest BCUT2D eigenvalue weighted by molar-refractivity contribution is -0.147. The summed E-state index contributed by atoms with van der Waals surface area (Å²) in [4.78, 5) is 23.1. The van der Waals surface area contributed by atoms with Gasteiger partial charge in [-0.1, -0.05) is 13.0 Å². The van der Waals surface area contributed by atoms with Crippen molar-refractivity contribution in [1.82, 2.24) is 0 Å². The van der Waals surface area contributed by atoms with E-state index < -0.39 is 16.8 Å². The quantitative estimate of drug-likeness (QED) is 0.589. The number of esters is 2. The van der Waals surface area contributed by atoms with E-state index in [1.807, 2.05) is 6.92 Å². The van der Waals surface area contributed by atoms with Crippen molar-refractivity contribution < 1.29 is 19.1 Å². The van der Waals surface area contributed by atoms with E-state index >= 15 is 0 Å². The fourth-order valence-corrected chi connectivity index (χ4v) is 2.77. The van der Waals surface area contributed by atoms with Crippen molar-refractivity contribution in [3.8, 4) is 0 Å². The average molecular weight is 289 g/mol. The van der Waals surface area contributed by atoms with Crippen LogP contribution < -0.4 is 0 Å². The Balaban J connectivity index is 3.04. The second-order valence-corrected chi connectivity index (χ2v) is 5.82. The molecule has 19 heavy (non-hydrogen) atoms. The molecule has 0 aromatic rings. The van der Waals surface area contributed by atoms with E-state index in [9.17, 15) is 9.59 Å². The standard InChI is InChI=1S/C14H21ClO4/c1-5-18-12(16)10-7-11(13(17)19-6-2)14(4,15)8-9(10)3/h7,9,11H,5-6,8H2,1-4H3. The van der Waals surface area contributed by atoms with Crippen molar-refractivity contribution in [3.63, 3.8) is 0 Å². The second kappa shape index (κ2) is 6.42. The Bertz CT molecular complexity index is 387. The van der Waals surface area contributed by atoms with Crippen LogP contribution in [0, 0.1) is 11.8 Å². The van der Waals surface area contributed by atoms with Gasteiger partial charge in [0, 0.05) is 5.57 Å². The maximum absolute atomic E-state index is 11.9. The molecule has 3 unspecified atom stereocenters. The van der Waals surface area contributed by atoms with E-state index in [0.29, 0.717) is 25.2 Å². The third kappa shape index (κ3) is 3.72. The highest BCUT2D eigenvalue weighted by atomic mass is 35.5. The Kier molecular flexibility index (Phi) is 5.41. The Morgan fingerprint density at radius 1 is 1.37 bits per heavy atom. The molecule has 0 fully saturated rings. The zero-order valence-corrected chi connectivity index (χ0v) is 12.6. The molecule has 5 heteroatoms. The number of ether oxygens (including phenoxy) is 2. The first-order valence-corrected chi connectivity index (χ1v) is 6.95. The molecule has 1 aliphatic carbocycles. The number of rotatable bonds is 4. The van der Waals surface area contributed by atoms with Gasteiger partial charge in [-0.2, -0.15) is 0 Å². The van der Waals surface area contributed by atoms with Crippen LogP contribution in [0.15, 0.2) is 11.6 Å². The summed E-state index contributed by atoms with van der Waals surface area (Å²) in [5.74, 6) is -1.43. The zero-order chi connectivity index (χ0) is 14.6. The smallest absolute Gasteiger partial charge is 0.333 e. The third-order valence-electron chi connectivity index (χ3n) is 3.28. The molecule has 0 heterocycles. The molecule has 0 amide bonds. The molecule has 0 bridgehead atoms. The van der Waals surface area contributed by atoms with E-state index in [4.69, 9.17) is 21.1 Å². The lowest BCUT2D eigenvalue weighted by atomic mass is 9.75. The molecule has 0 spiro atoms. The Morgan fingerprint density at radius 3 is 2.47 bits per heavy atom. The summed E-state index contributed by atoms with van der Waals surface area (Å²) in [5, 5.41) is 0. The van der Waals surface area contributed by atoms with Crippen LogP contribution in [-0.4, -0.2) is 30.0 Å². The molecule has 3 atom stereocenters. The van der Waals surface area contributed by atoms with Crippen LogP contribution in [0.2, 0.25) is 0 Å². The summed E-state index contributed by atoms with van der Waals surface area (Å²) >= 11 is 6.41. The van der Waals surface area contributed by atoms with E-state index in [-0.39, 0.29) is 11.9 Å². The van der Waals surface area contributed by atoms with E-state index in [0.717, 1.165) is 0 Å². The minimum atomic E-state index is -0.734. The van der Waals surface area contributed by atoms with Crippen molar-refractivity contribution in [3.05, 3.63) is 11.6 Å². The summed E-state index contributed by atoms with van der Waals surface area (Å²) in [5.41, 5.74) is 0.512. The normalized spacial score (nSPS) is 30.5. The lowest BCUT2D eigenvalue weighted by Gasteiger charge is -2.36. The van der Waals surface area contributed by atoms with Crippen LogP contribution in [0.1, 0.15) is 34.1 Å². The van der Waals surface area contributed by atoms with E-state index in [2.05, 4.69) is 0 Å². The van der Waals surface area contributed by atoms with Gasteiger partial charge in [-0.3, -0.25) is 4.79 Å². The van der Waals surface area contributed by atoms with Crippen LogP contribution in [0.25, 0.3) is 0 Å². The van der Waals surface area contributed by atoms with Crippen LogP contribution >= 0.6 is 11.6 Å². The van der Waals surface area contributed by atoms with Crippen LogP contribution in [0.3, 0.4) is 0 Å². The highest BCUT2D eigenvalue weighted by Crippen LogP contribution is 2.41. The molecule has 0 aromatic heterocycles. The zero-order valence-electron chi connectivity index (χ0n) is 11.9. The topological polar surface area (TPSA) is 52.6 Å². The molecule has 0 N–H and O–H groups in total. The number of alkyl halides is 1. The molecular formula is C14H21ClO4. The highest BCUT2D eigenvalue weighted by Gasteiger charge is 2.44. The summed E-state index contributed by atoms with van der Waals surface area (Å²) < 4.78 is 10.0. The van der Waals surface area contributed by atoms with Crippen molar-refractivity contribution in [2.75, 3.05) is 13.2 Å². The minimum absolute atomic E-state index is 0.0350. The number of halogens is 1. The molecule has 4 nitrogen and oxygen atoms in total.